The van der Waals surface area contributed by atoms with Crippen LogP contribution in [0.25, 0.3) is 0 Å². The third-order valence-corrected chi connectivity index (χ3v) is 3.34. The lowest BCUT2D eigenvalue weighted by atomic mass is 10.2. The van der Waals surface area contributed by atoms with Gasteiger partial charge in [-0.05, 0) is 25.0 Å². The zero-order valence-electron chi connectivity index (χ0n) is 9.03. The highest BCUT2D eigenvalue weighted by atomic mass is 32.2. The molecule has 2 heteroatoms. The van der Waals surface area contributed by atoms with Gasteiger partial charge in [-0.1, -0.05) is 24.3 Å². The van der Waals surface area contributed by atoms with E-state index in [1.807, 2.05) is 12.1 Å². The van der Waals surface area contributed by atoms with E-state index in [4.69, 9.17) is 0 Å². The van der Waals surface area contributed by atoms with E-state index in [0.29, 0.717) is 18.0 Å². The number of aryl methyl sites for hydroxylation is 1. The van der Waals surface area contributed by atoms with Crippen LogP contribution in [-0.4, -0.2) is 11.5 Å². The molecule has 80 valence electrons. The van der Waals surface area contributed by atoms with Gasteiger partial charge in [0.25, 0.3) is 0 Å². The number of benzene rings is 1. The standard InChI is InChI=1S/C13H16OS/c1-3-4-8-12(14)10-15-13-9-6-5-7-11(13)2/h3,5-7,9H,1,4,8,10H2,2H3. The minimum atomic E-state index is 0.295. The highest BCUT2D eigenvalue weighted by Gasteiger charge is 2.03. The van der Waals surface area contributed by atoms with Crippen molar-refractivity contribution in [3.63, 3.8) is 0 Å². The predicted octanol–water partition coefficient (Wildman–Crippen LogP) is 3.62. The molecule has 0 saturated carbocycles. The summed E-state index contributed by atoms with van der Waals surface area (Å²) < 4.78 is 0. The van der Waals surface area contributed by atoms with Crippen LogP contribution in [0.3, 0.4) is 0 Å². The fraction of sp³-hybridized carbons (Fsp3) is 0.308. The van der Waals surface area contributed by atoms with Crippen molar-refractivity contribution in [1.29, 1.82) is 0 Å². The number of ketones is 1. The van der Waals surface area contributed by atoms with Crippen molar-refractivity contribution < 1.29 is 4.79 Å². The van der Waals surface area contributed by atoms with Gasteiger partial charge < -0.3 is 0 Å². The maximum atomic E-state index is 11.4. The Hall–Kier alpha value is -1.02. The monoisotopic (exact) mass is 220 g/mol. The lowest BCUT2D eigenvalue weighted by Crippen LogP contribution is -2.00. The lowest BCUT2D eigenvalue weighted by Gasteiger charge is -2.03. The Morgan fingerprint density at radius 1 is 1.47 bits per heavy atom. The molecule has 1 rings (SSSR count). The normalized spacial score (nSPS) is 9.93. The molecule has 0 aliphatic carbocycles. The van der Waals surface area contributed by atoms with E-state index in [1.54, 1.807) is 17.8 Å². The molecule has 1 nitrogen and oxygen atoms in total. The number of Topliss-reactive ketones (excluding diaryl/α,β-unsaturated/α-hetero) is 1. The second-order valence-electron chi connectivity index (χ2n) is 3.42. The molecule has 0 aliphatic rings. The molecular weight excluding hydrogens is 204 g/mol. The van der Waals surface area contributed by atoms with Crippen molar-refractivity contribution in [1.82, 2.24) is 0 Å². The molecule has 0 radical (unpaired) electrons. The molecule has 0 spiro atoms. The van der Waals surface area contributed by atoms with Crippen LogP contribution in [0.5, 0.6) is 0 Å². The number of carbonyl (C=O) groups excluding carboxylic acids is 1. The topological polar surface area (TPSA) is 17.1 Å². The molecule has 1 aromatic rings. The van der Waals surface area contributed by atoms with Crippen LogP contribution in [0.4, 0.5) is 0 Å². The fourth-order valence-electron chi connectivity index (χ4n) is 1.21. The molecule has 0 atom stereocenters. The zero-order chi connectivity index (χ0) is 11.1. The van der Waals surface area contributed by atoms with Gasteiger partial charge in [-0.2, -0.15) is 0 Å². The van der Waals surface area contributed by atoms with Crippen LogP contribution in [0.2, 0.25) is 0 Å². The van der Waals surface area contributed by atoms with Gasteiger partial charge in [0.2, 0.25) is 0 Å². The summed E-state index contributed by atoms with van der Waals surface area (Å²) in [6.07, 6.45) is 3.19. The highest BCUT2D eigenvalue weighted by molar-refractivity contribution is 8.00. The van der Waals surface area contributed by atoms with Crippen LogP contribution in [0, 0.1) is 6.92 Å². The van der Waals surface area contributed by atoms with Crippen molar-refractivity contribution in [2.24, 2.45) is 0 Å². The molecule has 0 heterocycles. The first-order chi connectivity index (χ1) is 7.24. The van der Waals surface area contributed by atoms with Gasteiger partial charge in [0.05, 0.1) is 5.75 Å². The van der Waals surface area contributed by atoms with Gasteiger partial charge in [-0.25, -0.2) is 0 Å². The molecule has 0 N–H and O–H groups in total. The second-order valence-corrected chi connectivity index (χ2v) is 4.44. The molecule has 0 aliphatic heterocycles. The summed E-state index contributed by atoms with van der Waals surface area (Å²) in [6, 6.07) is 8.14. The van der Waals surface area contributed by atoms with E-state index in [2.05, 4.69) is 25.6 Å². The van der Waals surface area contributed by atoms with Crippen LogP contribution in [0.15, 0.2) is 41.8 Å². The summed E-state index contributed by atoms with van der Waals surface area (Å²) in [4.78, 5) is 12.6. The lowest BCUT2D eigenvalue weighted by molar-refractivity contribution is -0.116. The van der Waals surface area contributed by atoms with E-state index in [-0.39, 0.29) is 0 Å². The Balaban J connectivity index is 2.40. The number of hydrogen-bond acceptors (Lipinski definition) is 2. The van der Waals surface area contributed by atoms with Gasteiger partial charge in [-0.15, -0.1) is 18.3 Å². The third kappa shape index (κ3) is 4.34. The van der Waals surface area contributed by atoms with Gasteiger partial charge in [0.15, 0.2) is 0 Å². The predicted molar refractivity (Wildman–Crippen MR) is 66.3 cm³/mol. The first-order valence-electron chi connectivity index (χ1n) is 5.05. The molecule has 0 fully saturated rings. The van der Waals surface area contributed by atoms with E-state index < -0.39 is 0 Å². The minimum absolute atomic E-state index is 0.295. The maximum absolute atomic E-state index is 11.4. The van der Waals surface area contributed by atoms with Gasteiger partial charge in [0, 0.05) is 11.3 Å². The smallest absolute Gasteiger partial charge is 0.143 e. The molecular formula is C13H16OS. The molecule has 0 bridgehead atoms. The summed E-state index contributed by atoms with van der Waals surface area (Å²) in [5.74, 6) is 0.863. The Morgan fingerprint density at radius 3 is 2.87 bits per heavy atom. The average Bonchev–Trinajstić information content (AvgIpc) is 2.25. The van der Waals surface area contributed by atoms with Gasteiger partial charge in [-0.3, -0.25) is 4.79 Å². The Morgan fingerprint density at radius 2 is 2.20 bits per heavy atom. The third-order valence-electron chi connectivity index (χ3n) is 2.11. The number of carbonyl (C=O) groups is 1. The fourth-order valence-corrected chi connectivity index (χ4v) is 2.14. The second kappa shape index (κ2) is 6.46. The van der Waals surface area contributed by atoms with Crippen molar-refractivity contribution in [3.05, 3.63) is 42.5 Å². The van der Waals surface area contributed by atoms with Crippen molar-refractivity contribution in [2.75, 3.05) is 5.75 Å². The number of allylic oxidation sites excluding steroid dienone is 1. The van der Waals surface area contributed by atoms with Crippen LogP contribution in [-0.2, 0) is 4.79 Å². The Bertz CT molecular complexity index is 344. The Kier molecular flexibility index (Phi) is 5.19. The summed E-state index contributed by atoms with van der Waals surface area (Å²) in [5.41, 5.74) is 1.24. The van der Waals surface area contributed by atoms with Gasteiger partial charge >= 0.3 is 0 Å². The van der Waals surface area contributed by atoms with E-state index in [0.717, 1.165) is 6.42 Å². The first kappa shape index (κ1) is 12.1. The SMILES string of the molecule is C=CCCC(=O)CSc1ccccc1C. The molecule has 0 saturated heterocycles. The zero-order valence-corrected chi connectivity index (χ0v) is 9.85. The molecule has 0 aromatic heterocycles. The number of rotatable bonds is 6. The number of thioether (sulfide) groups is 1. The average molecular weight is 220 g/mol. The van der Waals surface area contributed by atoms with E-state index in [9.17, 15) is 4.79 Å². The van der Waals surface area contributed by atoms with Crippen LogP contribution in [0.1, 0.15) is 18.4 Å². The highest BCUT2D eigenvalue weighted by Crippen LogP contribution is 2.21. The number of hydrogen-bond donors (Lipinski definition) is 0. The molecule has 0 amide bonds. The van der Waals surface area contributed by atoms with Crippen molar-refractivity contribution in [3.8, 4) is 0 Å². The van der Waals surface area contributed by atoms with Crippen LogP contribution < -0.4 is 0 Å². The van der Waals surface area contributed by atoms with Crippen LogP contribution >= 0.6 is 11.8 Å². The summed E-state index contributed by atoms with van der Waals surface area (Å²) >= 11 is 1.62. The van der Waals surface area contributed by atoms with Gasteiger partial charge in [0.1, 0.15) is 5.78 Å². The van der Waals surface area contributed by atoms with Crippen molar-refractivity contribution >= 4 is 17.5 Å². The molecule has 1 aromatic carbocycles. The summed E-state index contributed by atoms with van der Waals surface area (Å²) in [7, 11) is 0. The summed E-state index contributed by atoms with van der Waals surface area (Å²) in [5, 5.41) is 0. The van der Waals surface area contributed by atoms with Crippen molar-refractivity contribution in [2.45, 2.75) is 24.7 Å². The largest absolute Gasteiger partial charge is 0.299 e. The first-order valence-corrected chi connectivity index (χ1v) is 6.03. The quantitative estimate of drug-likeness (QED) is 0.538. The molecule has 0 unspecified atom stereocenters. The maximum Gasteiger partial charge on any atom is 0.143 e. The minimum Gasteiger partial charge on any atom is -0.299 e. The summed E-state index contributed by atoms with van der Waals surface area (Å²) in [6.45, 7) is 5.67. The molecule has 15 heavy (non-hydrogen) atoms. The van der Waals surface area contributed by atoms with E-state index >= 15 is 0 Å². The van der Waals surface area contributed by atoms with E-state index in [1.165, 1.54) is 10.5 Å². The Labute approximate surface area is 95.6 Å².